The number of sulfone groups is 1. The Kier molecular flexibility index (Phi) is 6.27. The third-order valence-electron chi connectivity index (χ3n) is 3.89. The van der Waals surface area contributed by atoms with Crippen molar-refractivity contribution in [2.75, 3.05) is 17.2 Å². The van der Waals surface area contributed by atoms with Gasteiger partial charge in [0.1, 0.15) is 0 Å². The highest BCUT2D eigenvalue weighted by molar-refractivity contribution is 7.92. The predicted molar refractivity (Wildman–Crippen MR) is 105 cm³/mol. The van der Waals surface area contributed by atoms with E-state index in [2.05, 4.69) is 10.0 Å². The van der Waals surface area contributed by atoms with E-state index in [-0.39, 0.29) is 22.2 Å². The van der Waals surface area contributed by atoms with Crippen LogP contribution in [0, 0.1) is 0 Å². The molecule has 0 spiro atoms. The van der Waals surface area contributed by atoms with Crippen LogP contribution < -0.4 is 10.0 Å². The number of rotatable bonds is 7. The molecule has 0 saturated carbocycles. The average molecular weight is 411 g/mol. The average Bonchev–Trinajstić information content (AvgIpc) is 2.58. The molecule has 0 fully saturated rings. The topological polar surface area (TPSA) is 109 Å². The van der Waals surface area contributed by atoms with Crippen molar-refractivity contribution in [3.8, 4) is 0 Å². The lowest BCUT2D eigenvalue weighted by atomic mass is 10.0. The number of sulfonamides is 1. The van der Waals surface area contributed by atoms with Gasteiger partial charge in [0.25, 0.3) is 5.91 Å². The van der Waals surface area contributed by atoms with Crippen molar-refractivity contribution in [2.24, 2.45) is 0 Å². The zero-order chi connectivity index (χ0) is 20.2. The van der Waals surface area contributed by atoms with Gasteiger partial charge in [0.15, 0.2) is 9.84 Å². The number of carbonyl (C=O) groups excluding carboxylic acids is 1. The first-order chi connectivity index (χ1) is 12.5. The summed E-state index contributed by atoms with van der Waals surface area (Å²) >= 11 is 0. The highest BCUT2D eigenvalue weighted by Gasteiger charge is 2.18. The van der Waals surface area contributed by atoms with E-state index in [1.807, 2.05) is 6.92 Å². The van der Waals surface area contributed by atoms with E-state index in [1.54, 1.807) is 24.3 Å². The number of amides is 1. The molecule has 27 heavy (non-hydrogen) atoms. The molecule has 0 aliphatic rings. The van der Waals surface area contributed by atoms with Gasteiger partial charge in [0.05, 0.1) is 28.4 Å². The fourth-order valence-corrected chi connectivity index (χ4v) is 3.78. The number of para-hydroxylation sites is 1. The maximum atomic E-state index is 12.7. The van der Waals surface area contributed by atoms with Crippen LogP contribution in [0.5, 0.6) is 0 Å². The third-order valence-corrected chi connectivity index (χ3v) is 5.61. The lowest BCUT2D eigenvalue weighted by molar-refractivity contribution is 0.0936. The van der Waals surface area contributed by atoms with Crippen molar-refractivity contribution in [2.45, 2.75) is 24.3 Å². The summed E-state index contributed by atoms with van der Waals surface area (Å²) in [5.41, 5.74) is 1.15. The van der Waals surface area contributed by atoms with Crippen molar-refractivity contribution in [1.82, 2.24) is 5.32 Å². The molecule has 0 aliphatic carbocycles. The molecule has 1 amide bonds. The van der Waals surface area contributed by atoms with E-state index in [0.717, 1.165) is 18.1 Å². The summed E-state index contributed by atoms with van der Waals surface area (Å²) in [6.45, 7) is 1.88. The molecule has 0 bridgehead atoms. The Balaban J connectivity index is 2.26. The fourth-order valence-electron chi connectivity index (χ4n) is 2.57. The Hall–Kier alpha value is -2.39. The maximum absolute atomic E-state index is 12.7. The van der Waals surface area contributed by atoms with Crippen LogP contribution in [-0.4, -0.2) is 35.3 Å². The number of benzene rings is 2. The summed E-state index contributed by atoms with van der Waals surface area (Å²) in [5, 5.41) is 2.86. The molecule has 2 rings (SSSR count). The van der Waals surface area contributed by atoms with Crippen LogP contribution >= 0.6 is 0 Å². The van der Waals surface area contributed by atoms with E-state index < -0.39 is 25.8 Å². The smallest absolute Gasteiger partial charge is 0.253 e. The van der Waals surface area contributed by atoms with E-state index >= 15 is 0 Å². The number of hydrogen-bond acceptors (Lipinski definition) is 5. The van der Waals surface area contributed by atoms with Crippen molar-refractivity contribution in [3.63, 3.8) is 0 Å². The molecule has 1 atom stereocenters. The monoisotopic (exact) mass is 410 g/mol. The second-order valence-corrected chi connectivity index (χ2v) is 9.96. The van der Waals surface area contributed by atoms with Crippen molar-refractivity contribution in [1.29, 1.82) is 0 Å². The lowest BCUT2D eigenvalue weighted by Gasteiger charge is -2.19. The van der Waals surface area contributed by atoms with Gasteiger partial charge in [-0.1, -0.05) is 31.2 Å². The summed E-state index contributed by atoms with van der Waals surface area (Å²) in [5.74, 6) is -0.430. The molecule has 7 nitrogen and oxygen atoms in total. The number of anilines is 1. The minimum absolute atomic E-state index is 0.194. The lowest BCUT2D eigenvalue weighted by Crippen LogP contribution is -2.29. The van der Waals surface area contributed by atoms with Crippen LogP contribution in [0.2, 0.25) is 0 Å². The van der Waals surface area contributed by atoms with Gasteiger partial charge in [-0.15, -0.1) is 0 Å². The highest BCUT2D eigenvalue weighted by Crippen LogP contribution is 2.22. The van der Waals surface area contributed by atoms with Crippen LogP contribution in [0.15, 0.2) is 53.4 Å². The van der Waals surface area contributed by atoms with Crippen molar-refractivity contribution < 1.29 is 21.6 Å². The van der Waals surface area contributed by atoms with Crippen LogP contribution in [0.25, 0.3) is 0 Å². The van der Waals surface area contributed by atoms with Gasteiger partial charge in [-0.05, 0) is 36.2 Å². The van der Waals surface area contributed by atoms with Gasteiger partial charge in [0.2, 0.25) is 10.0 Å². The Morgan fingerprint density at radius 1 is 0.963 bits per heavy atom. The number of hydrogen-bond donors (Lipinski definition) is 2. The van der Waals surface area contributed by atoms with Crippen LogP contribution in [0.4, 0.5) is 5.69 Å². The van der Waals surface area contributed by atoms with Gasteiger partial charge in [-0.25, -0.2) is 16.8 Å². The summed E-state index contributed by atoms with van der Waals surface area (Å²) in [6, 6.07) is 12.3. The first-order valence-corrected chi connectivity index (χ1v) is 12.0. The van der Waals surface area contributed by atoms with E-state index in [4.69, 9.17) is 0 Å². The fraction of sp³-hybridized carbons (Fsp3) is 0.278. The summed E-state index contributed by atoms with van der Waals surface area (Å²) in [6.07, 6.45) is 2.72. The van der Waals surface area contributed by atoms with E-state index in [1.165, 1.54) is 24.3 Å². The molecule has 9 heteroatoms. The van der Waals surface area contributed by atoms with Gasteiger partial charge in [-0.2, -0.15) is 0 Å². The van der Waals surface area contributed by atoms with Crippen LogP contribution in [0.3, 0.4) is 0 Å². The zero-order valence-corrected chi connectivity index (χ0v) is 16.9. The highest BCUT2D eigenvalue weighted by atomic mass is 32.2. The zero-order valence-electron chi connectivity index (χ0n) is 15.3. The molecule has 0 radical (unpaired) electrons. The normalized spacial score (nSPS) is 13.0. The minimum Gasteiger partial charge on any atom is -0.345 e. The Labute approximate surface area is 159 Å². The molecule has 0 heterocycles. The Bertz CT molecular complexity index is 1030. The largest absolute Gasteiger partial charge is 0.345 e. The summed E-state index contributed by atoms with van der Waals surface area (Å²) in [7, 11) is -6.82. The predicted octanol–water partition coefficient (Wildman–Crippen LogP) is 2.34. The first kappa shape index (κ1) is 20.9. The van der Waals surface area contributed by atoms with Gasteiger partial charge in [-0.3, -0.25) is 9.52 Å². The molecule has 0 aromatic heterocycles. The van der Waals surface area contributed by atoms with Gasteiger partial charge in [0, 0.05) is 6.26 Å². The maximum Gasteiger partial charge on any atom is 0.253 e. The first-order valence-electron chi connectivity index (χ1n) is 8.19. The minimum atomic E-state index is -3.53. The molecular formula is C18H22N2O5S2. The standard InChI is InChI=1S/C18H22N2O5S2/c1-4-16(13-9-11-14(12-10-13)26(2,22)23)19-18(21)15-7-5-6-8-17(15)20-27(3,24)25/h5-12,16,20H,4H2,1-3H3,(H,19,21)/t16-/m0/s1. The number of carbonyl (C=O) groups is 1. The molecule has 2 N–H and O–H groups in total. The number of nitrogens with one attached hydrogen (secondary N) is 2. The van der Waals surface area contributed by atoms with Crippen molar-refractivity contribution >= 4 is 31.5 Å². The van der Waals surface area contributed by atoms with Crippen molar-refractivity contribution in [3.05, 3.63) is 59.7 Å². The third kappa shape index (κ3) is 5.80. The Morgan fingerprint density at radius 2 is 1.56 bits per heavy atom. The SMILES string of the molecule is CC[C@H](NC(=O)c1ccccc1NS(C)(=O)=O)c1ccc(S(C)(=O)=O)cc1. The van der Waals surface area contributed by atoms with Gasteiger partial charge < -0.3 is 5.32 Å². The second-order valence-electron chi connectivity index (χ2n) is 6.20. The molecule has 0 unspecified atom stereocenters. The van der Waals surface area contributed by atoms with Crippen LogP contribution in [0.1, 0.15) is 35.3 Å². The van der Waals surface area contributed by atoms with E-state index in [9.17, 15) is 21.6 Å². The van der Waals surface area contributed by atoms with E-state index in [0.29, 0.717) is 6.42 Å². The summed E-state index contributed by atoms with van der Waals surface area (Å²) < 4.78 is 48.5. The van der Waals surface area contributed by atoms with Crippen LogP contribution in [-0.2, 0) is 19.9 Å². The Morgan fingerprint density at radius 3 is 2.07 bits per heavy atom. The summed E-state index contributed by atoms with van der Waals surface area (Å²) in [4.78, 5) is 12.9. The molecular weight excluding hydrogens is 388 g/mol. The quantitative estimate of drug-likeness (QED) is 0.728. The molecule has 2 aromatic rings. The second kappa shape index (κ2) is 8.10. The molecule has 0 saturated heterocycles. The molecule has 146 valence electrons. The van der Waals surface area contributed by atoms with Gasteiger partial charge >= 0.3 is 0 Å². The molecule has 2 aromatic carbocycles. The molecule has 0 aliphatic heterocycles.